The maximum atomic E-state index is 5.14. The topological polar surface area (TPSA) is 34.5 Å². The van der Waals surface area contributed by atoms with Crippen molar-refractivity contribution in [3.05, 3.63) is 21.8 Å². The largest absolute Gasteiger partial charge is 1.00 e. The van der Waals surface area contributed by atoms with Crippen LogP contribution in [0.15, 0.2) is 4.99 Å². The van der Waals surface area contributed by atoms with E-state index in [1.807, 2.05) is 13.8 Å². The first kappa shape index (κ1) is 9.65. The molecule has 0 fully saturated rings. The van der Waals surface area contributed by atoms with Gasteiger partial charge in [-0.25, -0.2) is 4.37 Å². The molecule has 1 aliphatic heterocycles. The number of hydrogen-bond donors (Lipinski definition) is 0. The number of ether oxygens (including phenoxy) is 1. The molecule has 1 aromatic heterocycles. The van der Waals surface area contributed by atoms with Gasteiger partial charge in [0.2, 0.25) is 0 Å². The average molecular weight is 174 g/mol. The van der Waals surface area contributed by atoms with Gasteiger partial charge in [-0.1, -0.05) is 6.92 Å². The zero-order chi connectivity index (χ0) is 7.84. The molecule has 0 radical (unpaired) electrons. The summed E-state index contributed by atoms with van der Waals surface area (Å²) in [5.74, 6) is 0. The van der Waals surface area contributed by atoms with Crippen molar-refractivity contribution in [3.63, 3.8) is 0 Å². The molecule has 5 heteroatoms. The van der Waals surface area contributed by atoms with Gasteiger partial charge in [0.1, 0.15) is 0 Å². The van der Waals surface area contributed by atoms with Crippen molar-refractivity contribution in [1.82, 2.24) is 4.37 Å². The average Bonchev–Trinajstić information content (AvgIpc) is 2.32. The minimum Gasteiger partial charge on any atom is -0.538 e. The molecule has 1 aliphatic rings. The Bertz CT molecular complexity index is 387. The van der Waals surface area contributed by atoms with E-state index >= 15 is 0 Å². The fraction of sp³-hybridized carbons (Fsp3) is 0.286. The third-order valence-corrected chi connectivity index (χ3v) is 2.34. The van der Waals surface area contributed by atoms with Crippen LogP contribution in [0.2, 0.25) is 0 Å². The summed E-state index contributed by atoms with van der Waals surface area (Å²) in [6.45, 7) is 3.78. The molecular weight excluding hydrogens is 167 g/mol. The van der Waals surface area contributed by atoms with E-state index in [0.717, 1.165) is 15.6 Å². The van der Waals surface area contributed by atoms with Crippen LogP contribution in [0.1, 0.15) is 12.6 Å². The zero-order valence-electron chi connectivity index (χ0n) is 7.29. The first-order valence-electron chi connectivity index (χ1n) is 3.29. The molecule has 1 aromatic rings. The molecule has 58 valence electrons. The number of rotatable bonds is 0. The van der Waals surface area contributed by atoms with E-state index in [4.69, 9.17) is 4.74 Å². The SMILES string of the molecule is Cc1nsc2c1=CO[C-](C)N=2.[Li+]. The van der Waals surface area contributed by atoms with Gasteiger partial charge in [-0.15, -0.1) is 11.5 Å². The summed E-state index contributed by atoms with van der Waals surface area (Å²) in [5.41, 5.74) is 0.987. The van der Waals surface area contributed by atoms with Gasteiger partial charge in [-0.05, 0) is 16.8 Å². The van der Waals surface area contributed by atoms with Crippen molar-refractivity contribution in [2.24, 2.45) is 4.99 Å². The smallest absolute Gasteiger partial charge is 0.538 e. The molecule has 3 nitrogen and oxygen atoms in total. The number of hydrogen-bond acceptors (Lipinski definition) is 4. The van der Waals surface area contributed by atoms with Crippen LogP contribution in [0.5, 0.6) is 0 Å². The molecule has 2 rings (SSSR count). The van der Waals surface area contributed by atoms with Crippen molar-refractivity contribution in [2.75, 3.05) is 0 Å². The van der Waals surface area contributed by atoms with E-state index < -0.39 is 0 Å². The van der Waals surface area contributed by atoms with Crippen LogP contribution in [0.3, 0.4) is 0 Å². The summed E-state index contributed by atoms with van der Waals surface area (Å²) in [5, 5.41) is 1.01. The summed E-state index contributed by atoms with van der Waals surface area (Å²) >= 11 is 1.41. The van der Waals surface area contributed by atoms with Gasteiger partial charge in [0, 0.05) is 11.9 Å². The van der Waals surface area contributed by atoms with Gasteiger partial charge < -0.3 is 9.73 Å². The van der Waals surface area contributed by atoms with E-state index in [-0.39, 0.29) is 18.9 Å². The number of aryl methyl sites for hydroxylation is 1. The number of nitrogens with zero attached hydrogens (tertiary/aromatic N) is 2. The molecule has 0 saturated carbocycles. The summed E-state index contributed by atoms with van der Waals surface area (Å²) in [6, 6.07) is 0. The molecule has 0 spiro atoms. The van der Waals surface area contributed by atoms with Crippen LogP contribution < -0.4 is 28.8 Å². The van der Waals surface area contributed by atoms with E-state index in [0.29, 0.717) is 6.23 Å². The Labute approximate surface area is 86.5 Å². The van der Waals surface area contributed by atoms with Crippen LogP contribution in [-0.4, -0.2) is 4.37 Å². The molecule has 0 unspecified atom stereocenters. The summed E-state index contributed by atoms with van der Waals surface area (Å²) < 4.78 is 10.2. The zero-order valence-corrected chi connectivity index (χ0v) is 8.10. The van der Waals surface area contributed by atoms with Crippen LogP contribution in [0.25, 0.3) is 6.26 Å². The van der Waals surface area contributed by atoms with Crippen LogP contribution >= 0.6 is 11.5 Å². The third-order valence-electron chi connectivity index (χ3n) is 1.50. The normalized spacial score (nSPS) is 13.3. The molecule has 0 bridgehead atoms. The standard InChI is InChI=1S/C7H7N2OS.Li/c1-4-6-3-10-5(2)8-7(6)11-9-4;/h3H,1-2H3;/q-1;+1. The van der Waals surface area contributed by atoms with Crippen molar-refractivity contribution < 1.29 is 23.6 Å². The van der Waals surface area contributed by atoms with Crippen LogP contribution in [0, 0.1) is 13.2 Å². The minimum absolute atomic E-state index is 0. The maximum Gasteiger partial charge on any atom is 1.00 e. The van der Waals surface area contributed by atoms with E-state index in [1.165, 1.54) is 11.5 Å². The summed E-state index contributed by atoms with van der Waals surface area (Å²) in [6.07, 6.45) is 2.39. The van der Waals surface area contributed by atoms with Crippen molar-refractivity contribution in [3.8, 4) is 0 Å². The monoisotopic (exact) mass is 174 g/mol. The molecule has 0 atom stereocenters. The minimum atomic E-state index is 0. The van der Waals surface area contributed by atoms with Gasteiger partial charge in [0.15, 0.2) is 0 Å². The Morgan fingerprint density at radius 2 is 2.33 bits per heavy atom. The second-order valence-electron chi connectivity index (χ2n) is 2.35. The third kappa shape index (κ3) is 1.51. The van der Waals surface area contributed by atoms with Crippen molar-refractivity contribution >= 4 is 17.8 Å². The molecule has 0 N–H and O–H groups in total. The fourth-order valence-corrected chi connectivity index (χ4v) is 1.68. The summed E-state index contributed by atoms with van der Waals surface area (Å²) in [7, 11) is 0. The number of fused-ring (bicyclic) bond motifs is 1. The molecule has 0 saturated heterocycles. The van der Waals surface area contributed by atoms with Gasteiger partial charge >= 0.3 is 18.9 Å². The Balaban J connectivity index is 0.000000720. The predicted octanol–water partition coefficient (Wildman–Crippen LogP) is -2.65. The van der Waals surface area contributed by atoms with Crippen molar-refractivity contribution in [2.45, 2.75) is 13.8 Å². The Morgan fingerprint density at radius 3 is 3.08 bits per heavy atom. The number of aromatic nitrogens is 1. The van der Waals surface area contributed by atoms with Gasteiger partial charge in [0.25, 0.3) is 0 Å². The molecule has 2 heterocycles. The van der Waals surface area contributed by atoms with Gasteiger partial charge in [-0.2, -0.15) is 0 Å². The first-order valence-corrected chi connectivity index (χ1v) is 4.06. The van der Waals surface area contributed by atoms with Crippen LogP contribution in [0.4, 0.5) is 0 Å². The first-order chi connectivity index (χ1) is 5.27. The van der Waals surface area contributed by atoms with E-state index in [2.05, 4.69) is 9.37 Å². The molecular formula is C7H7LiN2OS. The van der Waals surface area contributed by atoms with Gasteiger partial charge in [-0.3, -0.25) is 0 Å². The van der Waals surface area contributed by atoms with Crippen LogP contribution in [-0.2, 0) is 4.74 Å². The summed E-state index contributed by atoms with van der Waals surface area (Å²) in [4.78, 5) is 4.19. The van der Waals surface area contributed by atoms with E-state index in [9.17, 15) is 0 Å². The van der Waals surface area contributed by atoms with E-state index in [1.54, 1.807) is 6.26 Å². The Hall–Kier alpha value is -0.433. The molecule has 0 aliphatic carbocycles. The van der Waals surface area contributed by atoms with Gasteiger partial charge in [0.05, 0.1) is 6.26 Å². The molecule has 0 amide bonds. The Kier molecular flexibility index (Phi) is 2.84. The second-order valence-corrected chi connectivity index (χ2v) is 3.11. The second kappa shape index (κ2) is 3.52. The predicted molar refractivity (Wildman–Crippen MR) is 42.1 cm³/mol. The quantitative estimate of drug-likeness (QED) is 0.318. The molecule has 0 aromatic carbocycles. The Morgan fingerprint density at radius 1 is 1.58 bits per heavy atom. The van der Waals surface area contributed by atoms with Crippen molar-refractivity contribution in [1.29, 1.82) is 0 Å². The fourth-order valence-electron chi connectivity index (χ4n) is 0.895. The molecule has 12 heavy (non-hydrogen) atoms. The maximum absolute atomic E-state index is 5.14.